The van der Waals surface area contributed by atoms with E-state index in [1.54, 1.807) is 0 Å². The molecule has 0 aromatic rings. The zero-order valence-corrected chi connectivity index (χ0v) is 12.0. The van der Waals surface area contributed by atoms with Crippen molar-refractivity contribution in [2.45, 2.75) is 70.2 Å². The summed E-state index contributed by atoms with van der Waals surface area (Å²) in [6.45, 7) is 9.50. The lowest BCUT2D eigenvalue weighted by atomic mass is 9.93. The smallest absolute Gasteiger partial charge is 0.0703 e. The molecule has 104 valence electrons. The highest BCUT2D eigenvalue weighted by atomic mass is 16.5. The lowest BCUT2D eigenvalue weighted by molar-refractivity contribution is -0.0313. The number of fused-ring (bicyclic) bond motifs is 1. The third-order valence-electron chi connectivity index (χ3n) is 5.32. The Kier molecular flexibility index (Phi) is 3.92. The summed E-state index contributed by atoms with van der Waals surface area (Å²) in [4.78, 5) is 5.55. The molecule has 0 aromatic heterocycles. The van der Waals surface area contributed by atoms with Crippen molar-refractivity contribution in [3.8, 4) is 0 Å². The van der Waals surface area contributed by atoms with E-state index in [-0.39, 0.29) is 0 Å². The maximum atomic E-state index is 5.79. The number of hydrogen-bond donors (Lipinski definition) is 0. The predicted octanol–water partition coefficient (Wildman–Crippen LogP) is 2.11. The van der Waals surface area contributed by atoms with Crippen LogP contribution in [0.5, 0.6) is 0 Å². The van der Waals surface area contributed by atoms with Crippen LogP contribution in [0.25, 0.3) is 0 Å². The Morgan fingerprint density at radius 2 is 2.06 bits per heavy atom. The van der Waals surface area contributed by atoms with Crippen molar-refractivity contribution in [1.29, 1.82) is 0 Å². The summed E-state index contributed by atoms with van der Waals surface area (Å²) >= 11 is 0. The van der Waals surface area contributed by atoms with Crippen molar-refractivity contribution in [3.63, 3.8) is 0 Å². The Balaban J connectivity index is 1.71. The Morgan fingerprint density at radius 3 is 2.78 bits per heavy atom. The summed E-state index contributed by atoms with van der Waals surface area (Å²) in [7, 11) is 0. The molecule has 0 N–H and O–H groups in total. The van der Waals surface area contributed by atoms with Gasteiger partial charge in [0.2, 0.25) is 0 Å². The molecule has 4 unspecified atom stereocenters. The van der Waals surface area contributed by atoms with Crippen LogP contribution in [0, 0.1) is 0 Å². The van der Waals surface area contributed by atoms with E-state index in [1.165, 1.54) is 51.7 Å². The molecule has 0 bridgehead atoms. The molecule has 3 saturated heterocycles. The lowest BCUT2D eigenvalue weighted by Crippen LogP contribution is -2.62. The van der Waals surface area contributed by atoms with Crippen LogP contribution in [0.2, 0.25) is 0 Å². The van der Waals surface area contributed by atoms with Gasteiger partial charge in [0.25, 0.3) is 0 Å². The van der Waals surface area contributed by atoms with E-state index in [4.69, 9.17) is 4.74 Å². The largest absolute Gasteiger partial charge is 0.377 e. The summed E-state index contributed by atoms with van der Waals surface area (Å²) in [5, 5.41) is 0. The van der Waals surface area contributed by atoms with Crippen LogP contribution in [-0.2, 0) is 4.74 Å². The summed E-state index contributed by atoms with van der Waals surface area (Å²) in [6, 6.07) is 2.27. The van der Waals surface area contributed by atoms with Gasteiger partial charge in [-0.15, -0.1) is 0 Å². The molecule has 3 heteroatoms. The third-order valence-corrected chi connectivity index (χ3v) is 5.32. The van der Waals surface area contributed by atoms with Gasteiger partial charge in [0, 0.05) is 37.8 Å². The van der Waals surface area contributed by atoms with Gasteiger partial charge in [0.05, 0.1) is 6.10 Å². The molecule has 0 radical (unpaired) electrons. The van der Waals surface area contributed by atoms with Crippen molar-refractivity contribution < 1.29 is 4.74 Å². The summed E-state index contributed by atoms with van der Waals surface area (Å²) in [5.74, 6) is 0. The monoisotopic (exact) mass is 252 g/mol. The molecule has 0 amide bonds. The number of hydrogen-bond acceptors (Lipinski definition) is 3. The highest BCUT2D eigenvalue weighted by molar-refractivity contribution is 4.95. The van der Waals surface area contributed by atoms with Gasteiger partial charge < -0.3 is 4.74 Å². The average molecular weight is 252 g/mol. The van der Waals surface area contributed by atoms with Crippen LogP contribution in [-0.4, -0.2) is 60.3 Å². The first-order valence-corrected chi connectivity index (χ1v) is 7.91. The molecule has 3 aliphatic rings. The molecule has 0 saturated carbocycles. The van der Waals surface area contributed by atoms with Crippen LogP contribution >= 0.6 is 0 Å². The van der Waals surface area contributed by atoms with Gasteiger partial charge >= 0.3 is 0 Å². The van der Waals surface area contributed by atoms with E-state index in [0.29, 0.717) is 12.1 Å². The lowest BCUT2D eigenvalue weighted by Gasteiger charge is -2.50. The number of nitrogens with zero attached hydrogens (tertiary/aromatic N) is 2. The predicted molar refractivity (Wildman–Crippen MR) is 73.8 cm³/mol. The molecular formula is C15H28N2O. The van der Waals surface area contributed by atoms with Crippen molar-refractivity contribution >= 4 is 0 Å². The van der Waals surface area contributed by atoms with E-state index in [0.717, 1.165) is 18.7 Å². The van der Waals surface area contributed by atoms with E-state index in [1.807, 2.05) is 0 Å². The Labute approximate surface area is 111 Å². The first-order valence-electron chi connectivity index (χ1n) is 7.91. The van der Waals surface area contributed by atoms with Crippen molar-refractivity contribution in [2.75, 3.05) is 26.2 Å². The summed E-state index contributed by atoms with van der Waals surface area (Å²) in [5.41, 5.74) is 0. The number of rotatable bonds is 2. The Morgan fingerprint density at radius 1 is 1.17 bits per heavy atom. The van der Waals surface area contributed by atoms with E-state index >= 15 is 0 Å². The molecule has 3 fully saturated rings. The van der Waals surface area contributed by atoms with Crippen LogP contribution in [0.3, 0.4) is 0 Å². The zero-order valence-electron chi connectivity index (χ0n) is 12.0. The molecule has 3 heterocycles. The third kappa shape index (κ3) is 2.33. The fourth-order valence-corrected chi connectivity index (χ4v) is 4.20. The zero-order chi connectivity index (χ0) is 12.5. The van der Waals surface area contributed by atoms with E-state index in [9.17, 15) is 0 Å². The van der Waals surface area contributed by atoms with Crippen LogP contribution < -0.4 is 0 Å². The molecule has 4 atom stereocenters. The van der Waals surface area contributed by atoms with Gasteiger partial charge in [0.1, 0.15) is 0 Å². The molecule has 3 rings (SSSR count). The molecule has 0 aliphatic carbocycles. The fourth-order valence-electron chi connectivity index (χ4n) is 4.20. The summed E-state index contributed by atoms with van der Waals surface area (Å²) < 4.78 is 5.79. The highest BCUT2D eigenvalue weighted by Gasteiger charge is 2.40. The standard InChI is InChI=1S/C15H28N2O/c1-3-13-10-16-8-5-4-6-14(16)11-17(13)15-7-9-18-12(15)2/h12-15H,3-11H2,1-2H3. The minimum Gasteiger partial charge on any atom is -0.377 e. The second kappa shape index (κ2) is 5.48. The Bertz CT molecular complexity index is 284. The van der Waals surface area contributed by atoms with Crippen molar-refractivity contribution in [3.05, 3.63) is 0 Å². The van der Waals surface area contributed by atoms with Crippen molar-refractivity contribution in [1.82, 2.24) is 9.80 Å². The van der Waals surface area contributed by atoms with Gasteiger partial charge in [-0.1, -0.05) is 13.3 Å². The fraction of sp³-hybridized carbons (Fsp3) is 1.00. The number of piperazine rings is 1. The molecule has 0 aromatic carbocycles. The quantitative estimate of drug-likeness (QED) is 0.748. The average Bonchev–Trinajstić information content (AvgIpc) is 2.83. The van der Waals surface area contributed by atoms with E-state index in [2.05, 4.69) is 23.6 Å². The first-order chi connectivity index (χ1) is 8.79. The first kappa shape index (κ1) is 12.9. The number of piperidine rings is 1. The maximum absolute atomic E-state index is 5.79. The van der Waals surface area contributed by atoms with Gasteiger partial charge in [-0.25, -0.2) is 0 Å². The minimum atomic E-state index is 0.439. The summed E-state index contributed by atoms with van der Waals surface area (Å²) in [6.07, 6.45) is 7.22. The minimum absolute atomic E-state index is 0.439. The van der Waals surface area contributed by atoms with E-state index < -0.39 is 0 Å². The number of ether oxygens (including phenoxy) is 1. The van der Waals surface area contributed by atoms with Crippen LogP contribution in [0.1, 0.15) is 46.0 Å². The Hall–Kier alpha value is -0.120. The van der Waals surface area contributed by atoms with Crippen molar-refractivity contribution in [2.24, 2.45) is 0 Å². The normalized spacial score (nSPS) is 43.0. The van der Waals surface area contributed by atoms with Crippen LogP contribution in [0.4, 0.5) is 0 Å². The maximum Gasteiger partial charge on any atom is 0.0703 e. The van der Waals surface area contributed by atoms with Gasteiger partial charge in [-0.3, -0.25) is 9.80 Å². The molecule has 0 spiro atoms. The molecule has 3 aliphatic heterocycles. The van der Waals surface area contributed by atoms with Gasteiger partial charge in [-0.05, 0) is 39.2 Å². The molecule has 3 nitrogen and oxygen atoms in total. The molecular weight excluding hydrogens is 224 g/mol. The second-order valence-corrected chi connectivity index (χ2v) is 6.34. The molecule has 18 heavy (non-hydrogen) atoms. The second-order valence-electron chi connectivity index (χ2n) is 6.34. The highest BCUT2D eigenvalue weighted by Crippen LogP contribution is 2.30. The topological polar surface area (TPSA) is 15.7 Å². The SMILES string of the molecule is CCC1CN2CCCCC2CN1C1CCOC1C. The van der Waals surface area contributed by atoms with Gasteiger partial charge in [0.15, 0.2) is 0 Å². The van der Waals surface area contributed by atoms with Gasteiger partial charge in [-0.2, -0.15) is 0 Å². The van der Waals surface area contributed by atoms with Crippen LogP contribution in [0.15, 0.2) is 0 Å².